The number of ether oxygens (including phenoxy) is 1. The number of aromatic nitrogens is 1. The van der Waals surface area contributed by atoms with Crippen molar-refractivity contribution in [1.29, 1.82) is 0 Å². The fourth-order valence-electron chi connectivity index (χ4n) is 4.19. The van der Waals surface area contributed by atoms with Crippen molar-refractivity contribution in [3.8, 4) is 0 Å². The summed E-state index contributed by atoms with van der Waals surface area (Å²) in [6, 6.07) is 14.7. The van der Waals surface area contributed by atoms with Crippen LogP contribution in [0.5, 0.6) is 0 Å². The molecule has 1 aliphatic rings. The predicted molar refractivity (Wildman–Crippen MR) is 126 cm³/mol. The number of hydrogen-bond donors (Lipinski definition) is 2. The van der Waals surface area contributed by atoms with Gasteiger partial charge in [-0.3, -0.25) is 4.79 Å². The van der Waals surface area contributed by atoms with Crippen LogP contribution < -0.4 is 5.32 Å². The van der Waals surface area contributed by atoms with Gasteiger partial charge < -0.3 is 15.0 Å². The Bertz CT molecular complexity index is 1590. The Morgan fingerprint density at radius 2 is 1.74 bits per heavy atom. The van der Waals surface area contributed by atoms with Crippen molar-refractivity contribution >= 4 is 49.7 Å². The molecule has 0 fully saturated rings. The number of nitrogens with one attached hydrogen (secondary N) is 2. The van der Waals surface area contributed by atoms with Crippen LogP contribution in [0.1, 0.15) is 11.1 Å². The largest absolute Gasteiger partial charge is 0.444 e. The Labute approximate surface area is 194 Å². The molecule has 1 aliphatic heterocycles. The average Bonchev–Trinajstić information content (AvgIpc) is 3.35. The van der Waals surface area contributed by atoms with Gasteiger partial charge in [-0.25, -0.2) is 13.2 Å². The summed E-state index contributed by atoms with van der Waals surface area (Å²) in [5, 5.41) is 4.65. The Hall–Kier alpha value is -3.98. The van der Waals surface area contributed by atoms with Gasteiger partial charge in [-0.15, -0.1) is 0 Å². The van der Waals surface area contributed by atoms with Crippen molar-refractivity contribution in [2.45, 2.75) is 17.4 Å². The smallest absolute Gasteiger partial charge is 0.408 e. The minimum atomic E-state index is -3.83. The zero-order valence-corrected chi connectivity index (χ0v) is 18.6. The number of carbonyl (C=O) groups excluding carboxylic acids is 2. The SMILES string of the molecule is O=C(N[C@@H](Cc1c[nH]c2ccccc12)C(=O)F)OCC1=Cc2c(ccc3ccccc23)S1(=O)=O. The zero-order valence-electron chi connectivity index (χ0n) is 17.7. The lowest BCUT2D eigenvalue weighted by atomic mass is 10.0. The van der Waals surface area contributed by atoms with Crippen molar-refractivity contribution < 1.29 is 27.1 Å². The van der Waals surface area contributed by atoms with Crippen LogP contribution in [-0.4, -0.2) is 38.2 Å². The topological polar surface area (TPSA) is 105 Å². The van der Waals surface area contributed by atoms with E-state index < -0.39 is 34.6 Å². The van der Waals surface area contributed by atoms with Crippen LogP contribution in [0.4, 0.5) is 9.18 Å². The number of rotatable bonds is 6. The molecule has 0 aliphatic carbocycles. The zero-order chi connectivity index (χ0) is 23.9. The van der Waals surface area contributed by atoms with Crippen molar-refractivity contribution in [1.82, 2.24) is 10.3 Å². The summed E-state index contributed by atoms with van der Waals surface area (Å²) >= 11 is 0. The Morgan fingerprint density at radius 3 is 2.53 bits per heavy atom. The number of alkyl carbamates (subject to hydrolysis) is 1. The molecule has 172 valence electrons. The second-order valence-electron chi connectivity index (χ2n) is 7.95. The highest BCUT2D eigenvalue weighted by molar-refractivity contribution is 7.95. The summed E-state index contributed by atoms with van der Waals surface area (Å²) in [4.78, 5) is 26.9. The molecule has 0 spiro atoms. The fraction of sp³-hybridized carbons (Fsp3) is 0.120. The fourth-order valence-corrected chi connectivity index (χ4v) is 5.66. The summed E-state index contributed by atoms with van der Waals surface area (Å²) in [7, 11) is -3.83. The van der Waals surface area contributed by atoms with Gasteiger partial charge in [-0.05, 0) is 34.5 Å². The molecular weight excluding hydrogens is 459 g/mol. The van der Waals surface area contributed by atoms with Gasteiger partial charge >= 0.3 is 12.1 Å². The van der Waals surface area contributed by atoms with E-state index in [0.717, 1.165) is 21.7 Å². The monoisotopic (exact) mass is 478 g/mol. The molecule has 9 heteroatoms. The average molecular weight is 479 g/mol. The molecule has 2 N–H and O–H groups in total. The third-order valence-corrected chi connectivity index (χ3v) is 7.74. The molecule has 2 heterocycles. The Kier molecular flexibility index (Phi) is 5.41. The Balaban J connectivity index is 1.30. The molecule has 4 aromatic rings. The van der Waals surface area contributed by atoms with Crippen molar-refractivity contribution in [3.05, 3.63) is 82.9 Å². The number of amides is 1. The number of aromatic amines is 1. The highest BCUT2D eigenvalue weighted by atomic mass is 32.2. The van der Waals surface area contributed by atoms with Gasteiger partial charge in [0.15, 0.2) is 0 Å². The van der Waals surface area contributed by atoms with E-state index in [-0.39, 0.29) is 16.2 Å². The second kappa shape index (κ2) is 8.42. The summed E-state index contributed by atoms with van der Waals surface area (Å²) in [6.07, 6.45) is 1.94. The van der Waals surface area contributed by atoms with E-state index in [1.807, 2.05) is 48.5 Å². The molecule has 1 amide bonds. The van der Waals surface area contributed by atoms with Crippen molar-refractivity contribution in [2.75, 3.05) is 6.61 Å². The van der Waals surface area contributed by atoms with Crippen molar-refractivity contribution in [3.63, 3.8) is 0 Å². The number of fused-ring (bicyclic) bond motifs is 4. The number of sulfone groups is 1. The molecule has 0 saturated heterocycles. The normalized spacial score (nSPS) is 15.0. The summed E-state index contributed by atoms with van der Waals surface area (Å²) in [5.74, 6) is 0. The number of para-hydroxylation sites is 1. The minimum Gasteiger partial charge on any atom is -0.444 e. The molecule has 3 aromatic carbocycles. The first-order valence-corrected chi connectivity index (χ1v) is 12.0. The standard InChI is InChI=1S/C25H19FN2O5S/c26-24(29)22(11-16-13-27-21-8-4-3-7-19(16)21)28-25(30)33-14-17-12-20-18-6-2-1-5-15(18)9-10-23(20)34(17,31)32/h1-10,12-13,22,27H,11,14H2,(H,28,30)/t22-/m0/s1. The molecule has 7 nitrogen and oxygen atoms in total. The maximum atomic E-state index is 13.7. The number of carbonyl (C=O) groups is 2. The molecular formula is C25H19FN2O5S. The number of H-pyrrole nitrogens is 1. The van der Waals surface area contributed by atoms with Gasteiger partial charge in [-0.1, -0.05) is 48.5 Å². The van der Waals surface area contributed by atoms with Gasteiger partial charge in [0.2, 0.25) is 9.84 Å². The van der Waals surface area contributed by atoms with E-state index in [9.17, 15) is 22.4 Å². The first-order chi connectivity index (χ1) is 16.3. The molecule has 34 heavy (non-hydrogen) atoms. The van der Waals surface area contributed by atoms with Gasteiger partial charge in [0.25, 0.3) is 0 Å². The lowest BCUT2D eigenvalue weighted by Gasteiger charge is -2.14. The number of halogens is 1. The summed E-state index contributed by atoms with van der Waals surface area (Å²) in [6.45, 7) is -0.544. The number of hydrogen-bond acceptors (Lipinski definition) is 5. The molecule has 1 aromatic heterocycles. The lowest BCUT2D eigenvalue weighted by Crippen LogP contribution is -2.41. The van der Waals surface area contributed by atoms with Gasteiger partial charge in [0.05, 0.1) is 9.80 Å². The van der Waals surface area contributed by atoms with Crippen LogP contribution in [0, 0.1) is 0 Å². The van der Waals surface area contributed by atoms with E-state index in [0.29, 0.717) is 11.1 Å². The summed E-state index contributed by atoms with van der Waals surface area (Å²) < 4.78 is 44.6. The highest BCUT2D eigenvalue weighted by Gasteiger charge is 2.32. The van der Waals surface area contributed by atoms with Crippen LogP contribution in [0.3, 0.4) is 0 Å². The third kappa shape index (κ3) is 3.84. The number of benzene rings is 3. The molecule has 0 bridgehead atoms. The minimum absolute atomic E-state index is 0.0891. The van der Waals surface area contributed by atoms with E-state index in [2.05, 4.69) is 10.3 Å². The molecule has 0 saturated carbocycles. The maximum Gasteiger partial charge on any atom is 0.408 e. The molecule has 5 rings (SSSR count). The van der Waals surface area contributed by atoms with Crippen LogP contribution in [0.2, 0.25) is 0 Å². The van der Waals surface area contributed by atoms with Crippen LogP contribution in [0.15, 0.2) is 76.7 Å². The maximum absolute atomic E-state index is 13.7. The van der Waals surface area contributed by atoms with Crippen LogP contribution >= 0.6 is 0 Å². The van der Waals surface area contributed by atoms with E-state index in [1.165, 1.54) is 12.1 Å². The van der Waals surface area contributed by atoms with E-state index in [1.54, 1.807) is 12.3 Å². The second-order valence-corrected chi connectivity index (χ2v) is 9.92. The van der Waals surface area contributed by atoms with Crippen LogP contribution in [0.25, 0.3) is 27.8 Å². The van der Waals surface area contributed by atoms with E-state index >= 15 is 0 Å². The van der Waals surface area contributed by atoms with Crippen molar-refractivity contribution in [2.24, 2.45) is 0 Å². The van der Waals surface area contributed by atoms with Gasteiger partial charge in [0.1, 0.15) is 12.6 Å². The van der Waals surface area contributed by atoms with Gasteiger partial charge in [0, 0.05) is 29.1 Å². The lowest BCUT2D eigenvalue weighted by molar-refractivity contribution is -0.131. The quantitative estimate of drug-likeness (QED) is 0.403. The van der Waals surface area contributed by atoms with Gasteiger partial charge in [-0.2, -0.15) is 4.39 Å². The molecule has 1 atom stereocenters. The summed E-state index contributed by atoms with van der Waals surface area (Å²) in [5.41, 5.74) is 2.00. The third-order valence-electron chi connectivity index (χ3n) is 5.88. The van der Waals surface area contributed by atoms with E-state index in [4.69, 9.17) is 4.74 Å². The molecule has 0 radical (unpaired) electrons. The highest BCUT2D eigenvalue weighted by Crippen LogP contribution is 2.37. The predicted octanol–water partition coefficient (Wildman–Crippen LogP) is 4.28. The van der Waals surface area contributed by atoms with Crippen LogP contribution in [-0.2, 0) is 25.8 Å². The Morgan fingerprint density at radius 1 is 1.00 bits per heavy atom. The first-order valence-electron chi connectivity index (χ1n) is 10.5. The first kappa shape index (κ1) is 21.8. The molecule has 0 unspecified atom stereocenters.